The quantitative estimate of drug-likeness (QED) is 0.687. The van der Waals surface area contributed by atoms with Crippen LogP contribution in [0.4, 0.5) is 4.39 Å². The van der Waals surface area contributed by atoms with E-state index in [0.29, 0.717) is 16.2 Å². The van der Waals surface area contributed by atoms with Gasteiger partial charge in [-0.1, -0.05) is 23.7 Å². The maximum Gasteiger partial charge on any atom is 0.352 e. The van der Waals surface area contributed by atoms with Crippen molar-refractivity contribution in [1.82, 2.24) is 9.55 Å². The highest BCUT2D eigenvalue weighted by molar-refractivity contribution is 6.31. The molecule has 3 aromatic rings. The molecule has 0 bridgehead atoms. The van der Waals surface area contributed by atoms with Gasteiger partial charge in [-0.3, -0.25) is 4.57 Å². The molecule has 0 amide bonds. The third-order valence-electron chi connectivity index (χ3n) is 3.14. The number of fused-ring (bicyclic) bond motifs is 1. The van der Waals surface area contributed by atoms with E-state index in [1.165, 1.54) is 16.7 Å². The minimum absolute atomic E-state index is 0.164. The van der Waals surface area contributed by atoms with Crippen molar-refractivity contribution in [3.8, 4) is 5.69 Å². The second-order valence-corrected chi connectivity index (χ2v) is 4.86. The molecular weight excluding hydrogens is 279 g/mol. The lowest BCUT2D eigenvalue weighted by Gasteiger charge is -2.12. The molecule has 3 rings (SSSR count). The van der Waals surface area contributed by atoms with Crippen molar-refractivity contribution in [2.45, 2.75) is 6.92 Å². The second kappa shape index (κ2) is 4.72. The maximum absolute atomic E-state index is 14.0. The third-order valence-corrected chi connectivity index (χ3v) is 3.37. The van der Waals surface area contributed by atoms with Gasteiger partial charge in [-0.25, -0.2) is 9.18 Å². The van der Waals surface area contributed by atoms with E-state index < -0.39 is 11.5 Å². The zero-order valence-corrected chi connectivity index (χ0v) is 11.4. The van der Waals surface area contributed by atoms with Crippen molar-refractivity contribution in [2.75, 3.05) is 0 Å². The van der Waals surface area contributed by atoms with Crippen molar-refractivity contribution in [3.05, 3.63) is 69.5 Å². The highest BCUT2D eigenvalue weighted by Crippen LogP contribution is 2.23. The summed E-state index contributed by atoms with van der Waals surface area (Å²) in [6.07, 6.45) is 0. The molecule has 0 N–H and O–H groups in total. The van der Waals surface area contributed by atoms with Gasteiger partial charge in [-0.2, -0.15) is 4.98 Å². The Morgan fingerprint density at radius 1 is 1.20 bits per heavy atom. The summed E-state index contributed by atoms with van der Waals surface area (Å²) >= 11 is 5.99. The van der Waals surface area contributed by atoms with Gasteiger partial charge in [0.1, 0.15) is 5.82 Å². The zero-order valence-electron chi connectivity index (χ0n) is 10.6. The van der Waals surface area contributed by atoms with Crippen LogP contribution in [-0.2, 0) is 0 Å². The summed E-state index contributed by atoms with van der Waals surface area (Å²) in [7, 11) is 0. The van der Waals surface area contributed by atoms with Gasteiger partial charge < -0.3 is 0 Å². The number of halogens is 2. The maximum atomic E-state index is 14.0. The Hall–Kier alpha value is -2.20. The molecular formula is C15H10ClFN2O. The molecule has 0 aliphatic carbocycles. The van der Waals surface area contributed by atoms with E-state index in [9.17, 15) is 9.18 Å². The first-order valence-corrected chi connectivity index (χ1v) is 6.39. The summed E-state index contributed by atoms with van der Waals surface area (Å²) in [5, 5.41) is 1.24. The lowest BCUT2D eigenvalue weighted by molar-refractivity contribution is 0.616. The Morgan fingerprint density at radius 2 is 1.95 bits per heavy atom. The monoisotopic (exact) mass is 288 g/mol. The zero-order chi connectivity index (χ0) is 14.3. The summed E-state index contributed by atoms with van der Waals surface area (Å²) in [4.78, 5) is 16.1. The molecule has 0 aliphatic rings. The molecule has 1 heterocycles. The van der Waals surface area contributed by atoms with Crippen molar-refractivity contribution in [2.24, 2.45) is 0 Å². The Labute approximate surface area is 119 Å². The predicted octanol–water partition coefficient (Wildman–Crippen LogP) is 3.49. The molecule has 20 heavy (non-hydrogen) atoms. The van der Waals surface area contributed by atoms with Crippen LogP contribution in [0.2, 0.25) is 5.02 Å². The smallest absolute Gasteiger partial charge is 0.257 e. The lowest BCUT2D eigenvalue weighted by Crippen LogP contribution is -2.23. The molecule has 0 unspecified atom stereocenters. The number of hydrogen-bond acceptors (Lipinski definition) is 2. The van der Waals surface area contributed by atoms with Crippen molar-refractivity contribution >= 4 is 22.5 Å². The molecule has 1 aromatic heterocycles. The van der Waals surface area contributed by atoms with Gasteiger partial charge in [-0.15, -0.1) is 0 Å². The minimum atomic E-state index is -0.526. The van der Waals surface area contributed by atoms with E-state index in [1.54, 1.807) is 37.3 Å². The first kappa shape index (κ1) is 12.8. The third kappa shape index (κ3) is 1.98. The number of para-hydroxylation sites is 1. The lowest BCUT2D eigenvalue weighted by atomic mass is 10.2. The average molecular weight is 289 g/mol. The topological polar surface area (TPSA) is 34.9 Å². The molecule has 0 spiro atoms. The van der Waals surface area contributed by atoms with Crippen LogP contribution >= 0.6 is 11.6 Å². The predicted molar refractivity (Wildman–Crippen MR) is 77.0 cm³/mol. The molecule has 5 heteroatoms. The van der Waals surface area contributed by atoms with E-state index in [4.69, 9.17) is 11.6 Å². The van der Waals surface area contributed by atoms with Crippen LogP contribution in [0.5, 0.6) is 0 Å². The highest BCUT2D eigenvalue weighted by Gasteiger charge is 2.12. The molecule has 0 aliphatic heterocycles. The van der Waals surface area contributed by atoms with Crippen LogP contribution in [0.1, 0.15) is 5.69 Å². The number of hydrogen-bond donors (Lipinski definition) is 0. The Bertz CT molecular complexity index is 873. The van der Waals surface area contributed by atoms with Gasteiger partial charge in [0.15, 0.2) is 0 Å². The fourth-order valence-electron chi connectivity index (χ4n) is 2.22. The van der Waals surface area contributed by atoms with E-state index in [0.717, 1.165) is 5.39 Å². The first-order valence-electron chi connectivity index (χ1n) is 6.02. The van der Waals surface area contributed by atoms with Gasteiger partial charge in [-0.05, 0) is 37.3 Å². The standard InChI is InChI=1S/C15H10ClFN2O/c1-9-11-7-6-10(16)8-14(11)19(15(20)18-9)13-5-3-2-4-12(13)17/h2-8H,1H3. The van der Waals surface area contributed by atoms with E-state index in [1.807, 2.05) is 0 Å². The normalized spacial score (nSPS) is 10.9. The SMILES string of the molecule is Cc1nc(=O)n(-c2ccccc2F)c2cc(Cl)ccc12. The fourth-order valence-corrected chi connectivity index (χ4v) is 2.38. The second-order valence-electron chi connectivity index (χ2n) is 4.43. The number of rotatable bonds is 1. The van der Waals surface area contributed by atoms with Crippen LogP contribution in [0.3, 0.4) is 0 Å². The van der Waals surface area contributed by atoms with Gasteiger partial charge in [0.25, 0.3) is 0 Å². The summed E-state index contributed by atoms with van der Waals surface area (Å²) in [5.41, 5.74) is 0.772. The largest absolute Gasteiger partial charge is 0.352 e. The van der Waals surface area contributed by atoms with E-state index in [2.05, 4.69) is 4.98 Å². The van der Waals surface area contributed by atoms with Crippen molar-refractivity contribution < 1.29 is 4.39 Å². The molecule has 3 nitrogen and oxygen atoms in total. The first-order chi connectivity index (χ1) is 9.58. The van der Waals surface area contributed by atoms with Crippen LogP contribution in [0.15, 0.2) is 47.3 Å². The molecule has 2 aromatic carbocycles. The fraction of sp³-hybridized carbons (Fsp3) is 0.0667. The van der Waals surface area contributed by atoms with Gasteiger partial charge >= 0.3 is 5.69 Å². The minimum Gasteiger partial charge on any atom is -0.257 e. The Balaban J connectivity index is 2.50. The number of aromatic nitrogens is 2. The number of aryl methyl sites for hydroxylation is 1. The Kier molecular flexibility index (Phi) is 3.03. The van der Waals surface area contributed by atoms with Crippen LogP contribution in [0, 0.1) is 12.7 Å². The number of nitrogens with zero attached hydrogens (tertiary/aromatic N) is 2. The van der Waals surface area contributed by atoms with Crippen LogP contribution in [-0.4, -0.2) is 9.55 Å². The number of benzene rings is 2. The van der Waals surface area contributed by atoms with Crippen molar-refractivity contribution in [3.63, 3.8) is 0 Å². The summed E-state index contributed by atoms with van der Waals surface area (Å²) in [6.45, 7) is 1.74. The van der Waals surface area contributed by atoms with E-state index in [-0.39, 0.29) is 5.69 Å². The summed E-state index contributed by atoms with van der Waals surface area (Å²) in [6, 6.07) is 11.2. The molecule has 0 saturated heterocycles. The Morgan fingerprint density at radius 3 is 2.70 bits per heavy atom. The molecule has 0 saturated carbocycles. The molecule has 0 atom stereocenters. The van der Waals surface area contributed by atoms with E-state index >= 15 is 0 Å². The highest BCUT2D eigenvalue weighted by atomic mass is 35.5. The summed E-state index contributed by atoms with van der Waals surface area (Å²) in [5.74, 6) is -0.485. The molecule has 100 valence electrons. The van der Waals surface area contributed by atoms with Gasteiger partial charge in [0.05, 0.1) is 16.9 Å². The average Bonchev–Trinajstić information content (AvgIpc) is 2.40. The van der Waals surface area contributed by atoms with Crippen LogP contribution in [0.25, 0.3) is 16.6 Å². The molecule has 0 radical (unpaired) electrons. The van der Waals surface area contributed by atoms with Gasteiger partial charge in [0.2, 0.25) is 0 Å². The van der Waals surface area contributed by atoms with Gasteiger partial charge in [0, 0.05) is 10.4 Å². The summed E-state index contributed by atoms with van der Waals surface area (Å²) < 4.78 is 15.2. The van der Waals surface area contributed by atoms with Crippen LogP contribution < -0.4 is 5.69 Å². The molecule has 0 fully saturated rings. The van der Waals surface area contributed by atoms with Crippen molar-refractivity contribution in [1.29, 1.82) is 0 Å².